The van der Waals surface area contributed by atoms with Crippen LogP contribution in [-0.4, -0.2) is 11.9 Å². The van der Waals surface area contributed by atoms with Crippen molar-refractivity contribution in [3.05, 3.63) is 29.3 Å². The van der Waals surface area contributed by atoms with Crippen LogP contribution in [0.5, 0.6) is 0 Å². The highest BCUT2D eigenvalue weighted by Gasteiger charge is 2.19. The van der Waals surface area contributed by atoms with Crippen molar-refractivity contribution < 1.29 is 4.79 Å². The van der Waals surface area contributed by atoms with E-state index in [9.17, 15) is 4.79 Å². The second-order valence-electron chi connectivity index (χ2n) is 4.73. The molecule has 1 fully saturated rings. The molecular weight excluding hydrogens is 200 g/mol. The van der Waals surface area contributed by atoms with Gasteiger partial charge in [-0.05, 0) is 30.0 Å². The summed E-state index contributed by atoms with van der Waals surface area (Å²) in [6.07, 6.45) is 4.52. The zero-order valence-electron chi connectivity index (χ0n) is 9.25. The first-order valence-corrected chi connectivity index (χ1v) is 5.96. The maximum Gasteiger partial charge on any atom is 0.228 e. The Kier molecular flexibility index (Phi) is 2.40. The summed E-state index contributed by atoms with van der Waals surface area (Å²) in [6, 6.07) is 6.96. The van der Waals surface area contributed by atoms with Crippen molar-refractivity contribution in [2.24, 2.45) is 0 Å². The van der Waals surface area contributed by atoms with E-state index in [1.807, 2.05) is 6.07 Å². The van der Waals surface area contributed by atoms with Crippen LogP contribution in [0.2, 0.25) is 0 Å². The Morgan fingerprint density at radius 3 is 3.00 bits per heavy atom. The summed E-state index contributed by atoms with van der Waals surface area (Å²) in [5.41, 5.74) is 3.40. The van der Waals surface area contributed by atoms with Crippen molar-refractivity contribution in [1.82, 2.24) is 5.32 Å². The summed E-state index contributed by atoms with van der Waals surface area (Å²) in [5.74, 6) is 0.110. The lowest BCUT2D eigenvalue weighted by Crippen LogP contribution is -2.34. The molecule has 0 aromatic heterocycles. The third-order valence-corrected chi connectivity index (χ3v) is 3.49. The van der Waals surface area contributed by atoms with E-state index < -0.39 is 0 Å². The average molecular weight is 216 g/mol. The summed E-state index contributed by atoms with van der Waals surface area (Å²) in [4.78, 5) is 11.2. The van der Waals surface area contributed by atoms with E-state index in [0.717, 1.165) is 17.8 Å². The van der Waals surface area contributed by atoms with Crippen molar-refractivity contribution in [2.45, 2.75) is 38.3 Å². The van der Waals surface area contributed by atoms with Crippen LogP contribution >= 0.6 is 0 Å². The van der Waals surface area contributed by atoms with Gasteiger partial charge in [-0.3, -0.25) is 4.79 Å². The maximum atomic E-state index is 11.2. The molecule has 0 atom stereocenters. The van der Waals surface area contributed by atoms with Crippen molar-refractivity contribution in [3.8, 4) is 0 Å². The van der Waals surface area contributed by atoms with E-state index in [2.05, 4.69) is 22.8 Å². The number of hydrogen-bond acceptors (Lipinski definition) is 2. The van der Waals surface area contributed by atoms with Gasteiger partial charge in [0, 0.05) is 18.3 Å². The number of anilines is 1. The molecule has 84 valence electrons. The Labute approximate surface area is 95.2 Å². The van der Waals surface area contributed by atoms with Gasteiger partial charge in [-0.15, -0.1) is 0 Å². The standard InChI is InChI=1S/C13H16N2O/c16-13-7-10-6-9(4-5-12(10)15-13)8-14-11-2-1-3-11/h4-6,11,14H,1-3,7-8H2,(H,15,16). The van der Waals surface area contributed by atoms with Crippen LogP contribution in [0.25, 0.3) is 0 Å². The molecule has 2 aliphatic rings. The van der Waals surface area contributed by atoms with E-state index in [4.69, 9.17) is 0 Å². The van der Waals surface area contributed by atoms with Crippen molar-refractivity contribution in [2.75, 3.05) is 5.32 Å². The summed E-state index contributed by atoms with van der Waals surface area (Å²) < 4.78 is 0. The Morgan fingerprint density at radius 2 is 2.25 bits per heavy atom. The lowest BCUT2D eigenvalue weighted by molar-refractivity contribution is -0.115. The molecule has 3 nitrogen and oxygen atoms in total. The van der Waals surface area contributed by atoms with Gasteiger partial charge in [0.15, 0.2) is 0 Å². The molecule has 16 heavy (non-hydrogen) atoms. The monoisotopic (exact) mass is 216 g/mol. The van der Waals surface area contributed by atoms with Crippen LogP contribution in [0.3, 0.4) is 0 Å². The molecule has 1 saturated carbocycles. The number of fused-ring (bicyclic) bond motifs is 1. The fourth-order valence-electron chi connectivity index (χ4n) is 2.27. The molecule has 0 spiro atoms. The predicted molar refractivity (Wildman–Crippen MR) is 63.3 cm³/mol. The van der Waals surface area contributed by atoms with E-state index in [-0.39, 0.29) is 5.91 Å². The largest absolute Gasteiger partial charge is 0.326 e. The molecule has 1 aromatic rings. The van der Waals surface area contributed by atoms with Gasteiger partial charge in [0.2, 0.25) is 5.91 Å². The topological polar surface area (TPSA) is 41.1 Å². The highest BCUT2D eigenvalue weighted by atomic mass is 16.1. The molecule has 1 amide bonds. The molecular formula is C13H16N2O. The van der Waals surface area contributed by atoms with Crippen LogP contribution in [0.1, 0.15) is 30.4 Å². The highest BCUT2D eigenvalue weighted by molar-refractivity contribution is 5.99. The van der Waals surface area contributed by atoms with E-state index in [1.54, 1.807) is 0 Å². The lowest BCUT2D eigenvalue weighted by Gasteiger charge is -2.26. The smallest absolute Gasteiger partial charge is 0.228 e. The van der Waals surface area contributed by atoms with Crippen LogP contribution < -0.4 is 10.6 Å². The molecule has 3 heteroatoms. The zero-order valence-corrected chi connectivity index (χ0v) is 9.25. The van der Waals surface area contributed by atoms with Gasteiger partial charge in [0.05, 0.1) is 6.42 Å². The van der Waals surface area contributed by atoms with Gasteiger partial charge in [-0.1, -0.05) is 18.6 Å². The second kappa shape index (κ2) is 3.91. The number of nitrogens with one attached hydrogen (secondary N) is 2. The average Bonchev–Trinajstić information content (AvgIpc) is 2.55. The SMILES string of the molecule is O=C1Cc2cc(CNC3CCC3)ccc2N1. The normalized spacial score (nSPS) is 19.1. The lowest BCUT2D eigenvalue weighted by atomic mass is 9.93. The molecule has 0 unspecified atom stereocenters. The zero-order chi connectivity index (χ0) is 11.0. The Hall–Kier alpha value is -1.35. The fourth-order valence-corrected chi connectivity index (χ4v) is 2.27. The van der Waals surface area contributed by atoms with Gasteiger partial charge < -0.3 is 10.6 Å². The first-order valence-electron chi connectivity index (χ1n) is 5.96. The van der Waals surface area contributed by atoms with E-state index in [0.29, 0.717) is 12.5 Å². The fraction of sp³-hybridized carbons (Fsp3) is 0.462. The number of hydrogen-bond donors (Lipinski definition) is 2. The Morgan fingerprint density at radius 1 is 1.38 bits per heavy atom. The highest BCUT2D eigenvalue weighted by Crippen LogP contribution is 2.24. The molecule has 1 aliphatic carbocycles. The number of rotatable bonds is 3. The molecule has 0 bridgehead atoms. The van der Waals surface area contributed by atoms with Crippen LogP contribution in [0.4, 0.5) is 5.69 Å². The maximum absolute atomic E-state index is 11.2. The molecule has 0 saturated heterocycles. The quantitative estimate of drug-likeness (QED) is 0.809. The van der Waals surface area contributed by atoms with Crippen LogP contribution in [0, 0.1) is 0 Å². The van der Waals surface area contributed by atoms with Crippen LogP contribution in [0.15, 0.2) is 18.2 Å². The van der Waals surface area contributed by atoms with Gasteiger partial charge in [-0.25, -0.2) is 0 Å². The third-order valence-electron chi connectivity index (χ3n) is 3.49. The second-order valence-corrected chi connectivity index (χ2v) is 4.73. The van der Waals surface area contributed by atoms with E-state index in [1.165, 1.54) is 24.8 Å². The van der Waals surface area contributed by atoms with Crippen molar-refractivity contribution >= 4 is 11.6 Å². The summed E-state index contributed by atoms with van der Waals surface area (Å²) >= 11 is 0. The summed E-state index contributed by atoms with van der Waals surface area (Å²) in [5, 5.41) is 6.38. The van der Waals surface area contributed by atoms with Crippen LogP contribution in [-0.2, 0) is 17.8 Å². The first-order chi connectivity index (χ1) is 7.81. The Bertz CT molecular complexity index is 424. The van der Waals surface area contributed by atoms with E-state index >= 15 is 0 Å². The first kappa shape index (κ1) is 9.85. The number of carbonyl (C=O) groups is 1. The Balaban J connectivity index is 1.67. The molecule has 1 aromatic carbocycles. The molecule has 0 radical (unpaired) electrons. The minimum atomic E-state index is 0.110. The van der Waals surface area contributed by atoms with Gasteiger partial charge in [0.25, 0.3) is 0 Å². The van der Waals surface area contributed by atoms with Gasteiger partial charge in [0.1, 0.15) is 0 Å². The number of carbonyl (C=O) groups excluding carboxylic acids is 1. The molecule has 1 aliphatic heterocycles. The van der Waals surface area contributed by atoms with Gasteiger partial charge >= 0.3 is 0 Å². The molecule has 2 N–H and O–H groups in total. The summed E-state index contributed by atoms with van der Waals surface area (Å²) in [7, 11) is 0. The van der Waals surface area contributed by atoms with Crippen molar-refractivity contribution in [1.29, 1.82) is 0 Å². The molecule has 3 rings (SSSR count). The summed E-state index contributed by atoms with van der Waals surface area (Å²) in [6.45, 7) is 0.923. The number of amides is 1. The predicted octanol–water partition coefficient (Wildman–Crippen LogP) is 1.82. The number of benzene rings is 1. The molecule has 1 heterocycles. The van der Waals surface area contributed by atoms with Gasteiger partial charge in [-0.2, -0.15) is 0 Å². The third kappa shape index (κ3) is 1.83. The van der Waals surface area contributed by atoms with Crippen molar-refractivity contribution in [3.63, 3.8) is 0 Å². The minimum absolute atomic E-state index is 0.110. The minimum Gasteiger partial charge on any atom is -0.326 e.